The van der Waals surface area contributed by atoms with Gasteiger partial charge in [-0.2, -0.15) is 0 Å². The number of fused-ring (bicyclic) bond motifs is 1. The standard InChI is InChI=1S/C17H14BrClN2/c1-20-17(13-5-2-6-14(18)16(13)19)12-8-7-11-4-3-9-21-15(11)10-12/h2-10,17,20H,1H3. The van der Waals surface area contributed by atoms with E-state index in [2.05, 4.69) is 50.5 Å². The predicted molar refractivity (Wildman–Crippen MR) is 91.8 cm³/mol. The second kappa shape index (κ2) is 6.14. The van der Waals surface area contributed by atoms with E-state index in [1.807, 2.05) is 37.5 Å². The van der Waals surface area contributed by atoms with Crippen LogP contribution in [0.15, 0.2) is 59.2 Å². The molecule has 1 heterocycles. The second-order valence-electron chi connectivity index (χ2n) is 4.82. The molecule has 1 atom stereocenters. The molecule has 0 spiro atoms. The van der Waals surface area contributed by atoms with Gasteiger partial charge in [-0.05, 0) is 52.3 Å². The van der Waals surface area contributed by atoms with Gasteiger partial charge in [0.15, 0.2) is 0 Å². The minimum Gasteiger partial charge on any atom is -0.309 e. The van der Waals surface area contributed by atoms with E-state index in [1.54, 1.807) is 0 Å². The van der Waals surface area contributed by atoms with Crippen LogP contribution < -0.4 is 5.32 Å². The average Bonchev–Trinajstić information content (AvgIpc) is 2.52. The summed E-state index contributed by atoms with van der Waals surface area (Å²) in [6.07, 6.45) is 1.81. The summed E-state index contributed by atoms with van der Waals surface area (Å²) in [5.74, 6) is 0. The molecule has 1 N–H and O–H groups in total. The maximum Gasteiger partial charge on any atom is 0.0705 e. The number of aromatic nitrogens is 1. The summed E-state index contributed by atoms with van der Waals surface area (Å²) in [7, 11) is 1.94. The summed E-state index contributed by atoms with van der Waals surface area (Å²) in [6, 6.07) is 16.3. The number of pyridine rings is 1. The molecule has 3 rings (SSSR count). The molecule has 0 saturated carbocycles. The van der Waals surface area contributed by atoms with Crippen molar-refractivity contribution in [1.82, 2.24) is 10.3 Å². The van der Waals surface area contributed by atoms with Gasteiger partial charge >= 0.3 is 0 Å². The molecule has 3 aromatic rings. The molecule has 0 aliphatic rings. The highest BCUT2D eigenvalue weighted by molar-refractivity contribution is 9.10. The highest BCUT2D eigenvalue weighted by Crippen LogP contribution is 2.33. The van der Waals surface area contributed by atoms with Crippen molar-refractivity contribution < 1.29 is 0 Å². The van der Waals surface area contributed by atoms with E-state index in [-0.39, 0.29) is 6.04 Å². The van der Waals surface area contributed by atoms with Crippen molar-refractivity contribution in [2.45, 2.75) is 6.04 Å². The molecule has 106 valence electrons. The Labute approximate surface area is 137 Å². The summed E-state index contributed by atoms with van der Waals surface area (Å²) in [5.41, 5.74) is 3.17. The van der Waals surface area contributed by atoms with Crippen molar-refractivity contribution in [3.63, 3.8) is 0 Å². The molecule has 4 heteroatoms. The zero-order chi connectivity index (χ0) is 14.8. The molecule has 2 nitrogen and oxygen atoms in total. The van der Waals surface area contributed by atoms with E-state index < -0.39 is 0 Å². The van der Waals surface area contributed by atoms with Gasteiger partial charge in [-0.15, -0.1) is 0 Å². The fourth-order valence-corrected chi connectivity index (χ4v) is 3.12. The average molecular weight is 362 g/mol. The molecule has 0 bridgehead atoms. The Bertz CT molecular complexity index is 789. The summed E-state index contributed by atoms with van der Waals surface area (Å²) in [4.78, 5) is 4.42. The van der Waals surface area contributed by atoms with Crippen molar-refractivity contribution in [3.05, 3.63) is 75.4 Å². The molecule has 1 aromatic heterocycles. The van der Waals surface area contributed by atoms with E-state index >= 15 is 0 Å². The fourth-order valence-electron chi connectivity index (χ4n) is 2.51. The Hall–Kier alpha value is -1.42. The van der Waals surface area contributed by atoms with Crippen molar-refractivity contribution in [1.29, 1.82) is 0 Å². The Morgan fingerprint density at radius 2 is 2.00 bits per heavy atom. The van der Waals surface area contributed by atoms with Crippen LogP contribution in [0.25, 0.3) is 10.9 Å². The SMILES string of the molecule is CNC(c1ccc2cccnc2c1)c1cccc(Br)c1Cl. The van der Waals surface area contributed by atoms with Crippen molar-refractivity contribution in [3.8, 4) is 0 Å². The van der Waals surface area contributed by atoms with Crippen LogP contribution in [0.4, 0.5) is 0 Å². The zero-order valence-corrected chi connectivity index (χ0v) is 13.8. The smallest absolute Gasteiger partial charge is 0.0705 e. The lowest BCUT2D eigenvalue weighted by Gasteiger charge is -2.19. The molecule has 0 aliphatic carbocycles. The fraction of sp³-hybridized carbons (Fsp3) is 0.118. The quantitative estimate of drug-likeness (QED) is 0.713. The van der Waals surface area contributed by atoms with Gasteiger partial charge in [-0.3, -0.25) is 4.98 Å². The van der Waals surface area contributed by atoms with Crippen LogP contribution in [-0.2, 0) is 0 Å². The van der Waals surface area contributed by atoms with Gasteiger partial charge in [0.25, 0.3) is 0 Å². The first-order valence-electron chi connectivity index (χ1n) is 6.66. The van der Waals surface area contributed by atoms with Crippen molar-refractivity contribution >= 4 is 38.4 Å². The maximum absolute atomic E-state index is 6.43. The van der Waals surface area contributed by atoms with Gasteiger partial charge in [-0.25, -0.2) is 0 Å². The number of nitrogens with one attached hydrogen (secondary N) is 1. The van der Waals surface area contributed by atoms with E-state index in [0.717, 1.165) is 31.5 Å². The molecule has 2 aromatic carbocycles. The molecule has 0 aliphatic heterocycles. The highest BCUT2D eigenvalue weighted by atomic mass is 79.9. The van der Waals surface area contributed by atoms with E-state index in [4.69, 9.17) is 11.6 Å². The lowest BCUT2D eigenvalue weighted by molar-refractivity contribution is 0.692. The first-order valence-corrected chi connectivity index (χ1v) is 7.83. The van der Waals surface area contributed by atoms with Crippen LogP contribution in [0.1, 0.15) is 17.2 Å². The Balaban J connectivity index is 2.11. The first-order chi connectivity index (χ1) is 10.2. The van der Waals surface area contributed by atoms with Crippen molar-refractivity contribution in [2.24, 2.45) is 0 Å². The van der Waals surface area contributed by atoms with Gasteiger partial charge in [0.2, 0.25) is 0 Å². The molecule has 0 amide bonds. The van der Waals surface area contributed by atoms with Gasteiger partial charge in [0, 0.05) is 16.1 Å². The Kier molecular flexibility index (Phi) is 4.24. The molecule has 0 saturated heterocycles. The number of hydrogen-bond acceptors (Lipinski definition) is 2. The van der Waals surface area contributed by atoms with E-state index in [1.165, 1.54) is 0 Å². The van der Waals surface area contributed by atoms with Crippen LogP contribution in [-0.4, -0.2) is 12.0 Å². The largest absolute Gasteiger partial charge is 0.309 e. The Morgan fingerprint density at radius 1 is 1.14 bits per heavy atom. The molecule has 1 unspecified atom stereocenters. The minimum absolute atomic E-state index is 0.0291. The molecule has 21 heavy (non-hydrogen) atoms. The van der Waals surface area contributed by atoms with Gasteiger partial charge < -0.3 is 5.32 Å². The van der Waals surface area contributed by atoms with Crippen LogP contribution >= 0.6 is 27.5 Å². The third kappa shape index (κ3) is 2.82. The molecular formula is C17H14BrClN2. The second-order valence-corrected chi connectivity index (χ2v) is 6.05. The number of nitrogens with zero attached hydrogens (tertiary/aromatic N) is 1. The normalized spacial score (nSPS) is 12.5. The van der Waals surface area contributed by atoms with Crippen molar-refractivity contribution in [2.75, 3.05) is 7.05 Å². The van der Waals surface area contributed by atoms with Crippen LogP contribution in [0, 0.1) is 0 Å². The lowest BCUT2D eigenvalue weighted by atomic mass is 9.97. The summed E-state index contributed by atoms with van der Waals surface area (Å²) < 4.78 is 0.904. The molecule has 0 fully saturated rings. The first kappa shape index (κ1) is 14.5. The van der Waals surface area contributed by atoms with Gasteiger partial charge in [-0.1, -0.05) is 41.9 Å². The summed E-state index contributed by atoms with van der Waals surface area (Å²) in [5, 5.41) is 5.20. The van der Waals surface area contributed by atoms with Crippen LogP contribution in [0.3, 0.4) is 0 Å². The summed E-state index contributed by atoms with van der Waals surface area (Å²) >= 11 is 9.92. The molecule has 0 radical (unpaired) electrons. The topological polar surface area (TPSA) is 24.9 Å². The van der Waals surface area contributed by atoms with Gasteiger partial charge in [0.1, 0.15) is 0 Å². The van der Waals surface area contributed by atoms with Gasteiger partial charge in [0.05, 0.1) is 16.6 Å². The number of rotatable bonds is 3. The summed E-state index contributed by atoms with van der Waals surface area (Å²) in [6.45, 7) is 0. The number of hydrogen-bond donors (Lipinski definition) is 1. The predicted octanol–water partition coefficient (Wildman–Crippen LogP) is 4.96. The minimum atomic E-state index is 0.0291. The highest BCUT2D eigenvalue weighted by Gasteiger charge is 2.17. The third-order valence-electron chi connectivity index (χ3n) is 3.54. The number of benzene rings is 2. The van der Waals surface area contributed by atoms with Crippen LogP contribution in [0.2, 0.25) is 5.02 Å². The maximum atomic E-state index is 6.43. The zero-order valence-electron chi connectivity index (χ0n) is 11.5. The number of halogens is 2. The Morgan fingerprint density at radius 3 is 2.81 bits per heavy atom. The third-order valence-corrected chi connectivity index (χ3v) is 4.86. The van der Waals surface area contributed by atoms with Crippen LogP contribution in [0.5, 0.6) is 0 Å². The monoisotopic (exact) mass is 360 g/mol. The van der Waals surface area contributed by atoms with E-state index in [9.17, 15) is 0 Å². The van der Waals surface area contributed by atoms with E-state index in [0.29, 0.717) is 0 Å². The lowest BCUT2D eigenvalue weighted by Crippen LogP contribution is -2.18. The molecular weight excluding hydrogens is 348 g/mol.